The van der Waals surface area contributed by atoms with Crippen LogP contribution < -0.4 is 4.74 Å². The summed E-state index contributed by atoms with van der Waals surface area (Å²) in [6.07, 6.45) is 1.69. The van der Waals surface area contributed by atoms with E-state index in [0.717, 1.165) is 32.6 Å². The van der Waals surface area contributed by atoms with E-state index in [1.807, 2.05) is 19.1 Å². The Morgan fingerprint density at radius 2 is 2.00 bits per heavy atom. The van der Waals surface area contributed by atoms with Crippen molar-refractivity contribution in [1.29, 1.82) is 0 Å². The van der Waals surface area contributed by atoms with Crippen molar-refractivity contribution in [3.63, 3.8) is 0 Å². The molecule has 28 heavy (non-hydrogen) atoms. The van der Waals surface area contributed by atoms with Crippen LogP contribution in [0.25, 0.3) is 31.8 Å². The fraction of sp³-hybridized carbons (Fsp3) is 0.250. The molecule has 2 aromatic carbocycles. The first-order chi connectivity index (χ1) is 13.5. The van der Waals surface area contributed by atoms with Crippen LogP contribution in [0.1, 0.15) is 18.2 Å². The summed E-state index contributed by atoms with van der Waals surface area (Å²) >= 11 is 7.64. The van der Waals surface area contributed by atoms with Gasteiger partial charge < -0.3 is 9.47 Å². The molecule has 0 fully saturated rings. The Balaban J connectivity index is 1.92. The molecule has 0 saturated carbocycles. The maximum absolute atomic E-state index is 14.4. The number of nitrogens with zero attached hydrogens (tertiary/aromatic N) is 3. The SMILES string of the molecule is CCOc1cc2sc(-c3cc(C)cc4nc(COC)cnc34)nc2c(Cl)c1F. The van der Waals surface area contributed by atoms with Gasteiger partial charge in [-0.2, -0.15) is 0 Å². The molecule has 8 heteroatoms. The minimum atomic E-state index is -0.592. The molecular formula is C20H17ClFN3O2S. The van der Waals surface area contributed by atoms with Crippen molar-refractivity contribution in [2.45, 2.75) is 20.5 Å². The number of hydrogen-bond donors (Lipinski definition) is 0. The molecule has 0 aliphatic heterocycles. The lowest BCUT2D eigenvalue weighted by molar-refractivity contribution is 0.181. The van der Waals surface area contributed by atoms with Crippen LogP contribution in [-0.2, 0) is 11.3 Å². The molecule has 4 rings (SSSR count). The Labute approximate surface area is 170 Å². The number of aryl methyl sites for hydroxylation is 1. The van der Waals surface area contributed by atoms with Gasteiger partial charge in [0.2, 0.25) is 0 Å². The zero-order chi connectivity index (χ0) is 19.8. The van der Waals surface area contributed by atoms with E-state index in [-0.39, 0.29) is 10.8 Å². The molecule has 2 aromatic heterocycles. The predicted octanol–water partition coefficient (Wildman–Crippen LogP) is 5.55. The maximum atomic E-state index is 14.4. The highest BCUT2D eigenvalue weighted by Crippen LogP contribution is 2.40. The smallest absolute Gasteiger partial charge is 0.185 e. The second-order valence-corrected chi connectivity index (χ2v) is 7.68. The number of fused-ring (bicyclic) bond motifs is 2. The molecule has 0 radical (unpaired) electrons. The van der Waals surface area contributed by atoms with E-state index in [1.165, 1.54) is 11.3 Å². The zero-order valence-corrected chi connectivity index (χ0v) is 17.1. The van der Waals surface area contributed by atoms with Gasteiger partial charge in [0.1, 0.15) is 15.5 Å². The number of ether oxygens (including phenoxy) is 2. The van der Waals surface area contributed by atoms with E-state index < -0.39 is 5.82 Å². The fourth-order valence-corrected chi connectivity index (χ4v) is 4.36. The van der Waals surface area contributed by atoms with Gasteiger partial charge in [0.15, 0.2) is 11.6 Å². The highest BCUT2D eigenvalue weighted by Gasteiger charge is 2.19. The van der Waals surface area contributed by atoms with Crippen molar-refractivity contribution in [2.75, 3.05) is 13.7 Å². The van der Waals surface area contributed by atoms with E-state index in [1.54, 1.807) is 26.3 Å². The summed E-state index contributed by atoms with van der Waals surface area (Å²) in [5, 5.41) is 0.668. The van der Waals surface area contributed by atoms with Crippen molar-refractivity contribution < 1.29 is 13.9 Å². The number of methoxy groups -OCH3 is 1. The zero-order valence-electron chi connectivity index (χ0n) is 15.5. The van der Waals surface area contributed by atoms with Crippen molar-refractivity contribution in [3.8, 4) is 16.3 Å². The lowest BCUT2D eigenvalue weighted by Gasteiger charge is -2.06. The third kappa shape index (κ3) is 3.30. The van der Waals surface area contributed by atoms with E-state index in [0.29, 0.717) is 23.7 Å². The monoisotopic (exact) mass is 417 g/mol. The molecular weight excluding hydrogens is 401 g/mol. The van der Waals surface area contributed by atoms with Crippen LogP contribution in [0.3, 0.4) is 0 Å². The molecule has 144 valence electrons. The third-order valence-electron chi connectivity index (χ3n) is 4.20. The molecule has 0 bridgehead atoms. The summed E-state index contributed by atoms with van der Waals surface area (Å²) in [4.78, 5) is 13.8. The molecule has 5 nitrogen and oxygen atoms in total. The summed E-state index contributed by atoms with van der Waals surface area (Å²) in [7, 11) is 1.62. The first-order valence-corrected chi connectivity index (χ1v) is 9.88. The number of benzene rings is 2. The van der Waals surface area contributed by atoms with Gasteiger partial charge in [0.25, 0.3) is 0 Å². The molecule has 0 N–H and O–H groups in total. The molecule has 0 saturated heterocycles. The van der Waals surface area contributed by atoms with Gasteiger partial charge in [0, 0.05) is 18.7 Å². The Hall–Kier alpha value is -2.35. The van der Waals surface area contributed by atoms with Crippen molar-refractivity contribution in [1.82, 2.24) is 15.0 Å². The largest absolute Gasteiger partial charge is 0.491 e. The number of thiazole rings is 1. The molecule has 2 heterocycles. The fourth-order valence-electron chi connectivity index (χ4n) is 3.04. The molecule has 0 amide bonds. The van der Waals surface area contributed by atoms with Crippen LogP contribution in [0.5, 0.6) is 5.75 Å². The Bertz CT molecular complexity index is 1200. The molecule has 0 unspecified atom stereocenters. The summed E-state index contributed by atoms with van der Waals surface area (Å²) in [6, 6.07) is 5.61. The summed E-state index contributed by atoms with van der Waals surface area (Å²) in [6.45, 7) is 4.53. The molecule has 0 spiro atoms. The summed E-state index contributed by atoms with van der Waals surface area (Å²) in [5.41, 5.74) is 4.52. The standard InChI is InChI=1S/C20H17ClFN3O2S/c1-4-27-14-7-15-19(16(21)17(14)22)25-20(28-15)12-5-10(2)6-13-18(12)23-8-11(24-13)9-26-3/h5-8H,4,9H2,1-3H3. The minimum Gasteiger partial charge on any atom is -0.491 e. The van der Waals surface area contributed by atoms with E-state index in [2.05, 4.69) is 15.0 Å². The van der Waals surface area contributed by atoms with E-state index >= 15 is 0 Å². The quantitative estimate of drug-likeness (QED) is 0.426. The van der Waals surface area contributed by atoms with Crippen molar-refractivity contribution in [3.05, 3.63) is 46.5 Å². The molecule has 0 aliphatic carbocycles. The van der Waals surface area contributed by atoms with Crippen LogP contribution in [0.15, 0.2) is 24.4 Å². The average molecular weight is 418 g/mol. The van der Waals surface area contributed by atoms with Gasteiger partial charge in [-0.15, -0.1) is 11.3 Å². The van der Waals surface area contributed by atoms with Crippen LogP contribution in [-0.4, -0.2) is 28.7 Å². The van der Waals surface area contributed by atoms with Gasteiger partial charge in [0.05, 0.1) is 40.8 Å². The van der Waals surface area contributed by atoms with Crippen molar-refractivity contribution in [2.24, 2.45) is 0 Å². The maximum Gasteiger partial charge on any atom is 0.185 e. The Kier molecular flexibility index (Phi) is 5.14. The third-order valence-corrected chi connectivity index (χ3v) is 5.58. The number of rotatable bonds is 5. The summed E-state index contributed by atoms with van der Waals surface area (Å²) in [5.74, 6) is -0.459. The minimum absolute atomic E-state index is 0.0335. The van der Waals surface area contributed by atoms with Crippen LogP contribution in [0, 0.1) is 12.7 Å². The van der Waals surface area contributed by atoms with Gasteiger partial charge in [-0.05, 0) is 31.5 Å². The van der Waals surface area contributed by atoms with Crippen molar-refractivity contribution >= 4 is 44.2 Å². The highest BCUT2D eigenvalue weighted by molar-refractivity contribution is 7.21. The first kappa shape index (κ1) is 19.0. The van der Waals surface area contributed by atoms with Gasteiger partial charge >= 0.3 is 0 Å². The molecule has 0 atom stereocenters. The first-order valence-electron chi connectivity index (χ1n) is 8.68. The van der Waals surface area contributed by atoms with Crippen LogP contribution >= 0.6 is 22.9 Å². The van der Waals surface area contributed by atoms with Gasteiger partial charge in [-0.25, -0.2) is 14.4 Å². The topological polar surface area (TPSA) is 57.1 Å². The van der Waals surface area contributed by atoms with Crippen LogP contribution in [0.4, 0.5) is 4.39 Å². The number of halogens is 2. The van der Waals surface area contributed by atoms with Gasteiger partial charge in [-0.3, -0.25) is 4.98 Å². The molecule has 4 aromatic rings. The summed E-state index contributed by atoms with van der Waals surface area (Å²) < 4.78 is 25.7. The number of aromatic nitrogens is 3. The normalized spacial score (nSPS) is 11.5. The lowest BCUT2D eigenvalue weighted by Crippen LogP contribution is -1.96. The van der Waals surface area contributed by atoms with E-state index in [9.17, 15) is 4.39 Å². The second kappa shape index (κ2) is 7.58. The Morgan fingerprint density at radius 1 is 1.18 bits per heavy atom. The highest BCUT2D eigenvalue weighted by atomic mass is 35.5. The lowest BCUT2D eigenvalue weighted by atomic mass is 10.1. The molecule has 0 aliphatic rings. The Morgan fingerprint density at radius 3 is 2.75 bits per heavy atom. The van der Waals surface area contributed by atoms with Crippen LogP contribution in [0.2, 0.25) is 5.02 Å². The van der Waals surface area contributed by atoms with Gasteiger partial charge in [-0.1, -0.05) is 11.6 Å². The predicted molar refractivity (Wildman–Crippen MR) is 110 cm³/mol. The average Bonchev–Trinajstić information content (AvgIpc) is 3.09. The second-order valence-electron chi connectivity index (χ2n) is 6.28. The number of hydrogen-bond acceptors (Lipinski definition) is 6. The van der Waals surface area contributed by atoms with E-state index in [4.69, 9.17) is 21.1 Å².